The molecule has 1 aliphatic heterocycles. The van der Waals surface area contributed by atoms with Crippen LogP contribution in [0.2, 0.25) is 5.02 Å². The van der Waals surface area contributed by atoms with Gasteiger partial charge in [-0.05, 0) is 50.2 Å². The number of halogens is 1. The minimum Gasteiger partial charge on any atom is -0.373 e. The van der Waals surface area contributed by atoms with E-state index in [4.69, 9.17) is 16.3 Å². The molecule has 144 valence electrons. The van der Waals surface area contributed by atoms with Gasteiger partial charge >= 0.3 is 0 Å². The molecule has 6 nitrogen and oxygen atoms in total. The normalized spacial score (nSPS) is 21.0. The van der Waals surface area contributed by atoms with Gasteiger partial charge in [-0.1, -0.05) is 23.7 Å². The van der Waals surface area contributed by atoms with Crippen molar-refractivity contribution in [2.24, 2.45) is 0 Å². The molecule has 27 heavy (non-hydrogen) atoms. The van der Waals surface area contributed by atoms with Crippen molar-refractivity contribution in [3.8, 4) is 0 Å². The van der Waals surface area contributed by atoms with E-state index in [1.807, 2.05) is 13.8 Å². The summed E-state index contributed by atoms with van der Waals surface area (Å²) in [4.78, 5) is 12.6. The molecule has 8 heteroatoms. The monoisotopic (exact) mass is 408 g/mol. The molecule has 2 atom stereocenters. The zero-order valence-corrected chi connectivity index (χ0v) is 16.6. The zero-order valence-electron chi connectivity index (χ0n) is 15.1. The molecule has 0 saturated carbocycles. The molecule has 1 N–H and O–H groups in total. The lowest BCUT2D eigenvalue weighted by molar-refractivity contribution is -0.0440. The predicted octanol–water partition coefficient (Wildman–Crippen LogP) is 3.39. The first-order valence-corrected chi connectivity index (χ1v) is 10.4. The Kier molecular flexibility index (Phi) is 5.86. The largest absolute Gasteiger partial charge is 0.373 e. The smallest absolute Gasteiger partial charge is 0.255 e. The summed E-state index contributed by atoms with van der Waals surface area (Å²) in [6.07, 6.45) is -0.365. The van der Waals surface area contributed by atoms with E-state index in [1.54, 1.807) is 36.4 Å². The molecule has 1 aliphatic rings. The van der Waals surface area contributed by atoms with Gasteiger partial charge in [-0.15, -0.1) is 0 Å². The highest BCUT2D eigenvalue weighted by atomic mass is 35.5. The molecule has 2 aromatic carbocycles. The molecule has 1 saturated heterocycles. The predicted molar refractivity (Wildman–Crippen MR) is 105 cm³/mol. The number of amides is 1. The lowest BCUT2D eigenvalue weighted by Gasteiger charge is -2.34. The fourth-order valence-electron chi connectivity index (χ4n) is 3.04. The van der Waals surface area contributed by atoms with Crippen LogP contribution in [0.15, 0.2) is 53.4 Å². The Bertz CT molecular complexity index is 938. The minimum absolute atomic E-state index is 0.0857. The van der Waals surface area contributed by atoms with Gasteiger partial charge in [0, 0.05) is 29.4 Å². The van der Waals surface area contributed by atoms with E-state index >= 15 is 0 Å². The number of benzene rings is 2. The van der Waals surface area contributed by atoms with E-state index in [1.165, 1.54) is 16.4 Å². The third-order valence-corrected chi connectivity index (χ3v) is 6.27. The Balaban J connectivity index is 1.83. The summed E-state index contributed by atoms with van der Waals surface area (Å²) in [6, 6.07) is 12.8. The quantitative estimate of drug-likeness (QED) is 0.841. The van der Waals surface area contributed by atoms with Crippen LogP contribution in [0, 0.1) is 0 Å². The van der Waals surface area contributed by atoms with Crippen LogP contribution < -0.4 is 5.32 Å². The van der Waals surface area contributed by atoms with Crippen LogP contribution in [0.25, 0.3) is 0 Å². The number of anilines is 1. The molecular weight excluding hydrogens is 388 g/mol. The van der Waals surface area contributed by atoms with E-state index in [-0.39, 0.29) is 35.8 Å². The Morgan fingerprint density at radius 3 is 2.44 bits per heavy atom. The Labute approximate surface area is 164 Å². The Morgan fingerprint density at radius 2 is 1.78 bits per heavy atom. The van der Waals surface area contributed by atoms with Crippen LogP contribution in [-0.4, -0.2) is 43.9 Å². The molecule has 1 amide bonds. The maximum absolute atomic E-state index is 13.0. The van der Waals surface area contributed by atoms with E-state index < -0.39 is 15.9 Å². The SMILES string of the molecule is CC1CN(S(=O)(=O)c2cccc(C(=O)Nc3cccc(Cl)c3)c2)CC(C)O1. The number of nitrogens with zero attached hydrogens (tertiary/aromatic N) is 1. The van der Waals surface area contributed by atoms with Crippen LogP contribution >= 0.6 is 11.6 Å². The van der Waals surface area contributed by atoms with Gasteiger partial charge < -0.3 is 10.1 Å². The molecule has 0 radical (unpaired) electrons. The number of rotatable bonds is 4. The van der Waals surface area contributed by atoms with Gasteiger partial charge in [0.05, 0.1) is 17.1 Å². The van der Waals surface area contributed by atoms with E-state index in [9.17, 15) is 13.2 Å². The lowest BCUT2D eigenvalue weighted by Crippen LogP contribution is -2.48. The Morgan fingerprint density at radius 1 is 1.11 bits per heavy atom. The topological polar surface area (TPSA) is 75.7 Å². The molecule has 1 fully saturated rings. The highest BCUT2D eigenvalue weighted by Gasteiger charge is 2.32. The molecule has 3 rings (SSSR count). The number of carbonyl (C=O) groups is 1. The summed E-state index contributed by atoms with van der Waals surface area (Å²) in [6.45, 7) is 4.25. The molecule has 0 aromatic heterocycles. The molecule has 0 spiro atoms. The molecule has 2 aromatic rings. The summed E-state index contributed by atoms with van der Waals surface area (Å²) >= 11 is 5.92. The van der Waals surface area contributed by atoms with Crippen LogP contribution in [0.1, 0.15) is 24.2 Å². The number of sulfonamides is 1. The number of morpholine rings is 1. The van der Waals surface area contributed by atoms with Gasteiger partial charge in [-0.2, -0.15) is 4.31 Å². The third-order valence-electron chi connectivity index (χ3n) is 4.20. The summed E-state index contributed by atoms with van der Waals surface area (Å²) in [5, 5.41) is 3.22. The van der Waals surface area contributed by atoms with Crippen molar-refractivity contribution < 1.29 is 17.9 Å². The van der Waals surface area contributed by atoms with Crippen molar-refractivity contribution in [2.45, 2.75) is 31.0 Å². The zero-order chi connectivity index (χ0) is 19.6. The van der Waals surface area contributed by atoms with Crippen molar-refractivity contribution in [1.82, 2.24) is 4.31 Å². The average Bonchev–Trinajstić information content (AvgIpc) is 2.61. The second kappa shape index (κ2) is 7.98. The number of carbonyl (C=O) groups excluding carboxylic acids is 1. The van der Waals surface area contributed by atoms with Crippen molar-refractivity contribution in [2.75, 3.05) is 18.4 Å². The highest BCUT2D eigenvalue weighted by Crippen LogP contribution is 2.22. The van der Waals surface area contributed by atoms with Crippen LogP contribution in [-0.2, 0) is 14.8 Å². The minimum atomic E-state index is -3.71. The summed E-state index contributed by atoms with van der Waals surface area (Å²) in [5.74, 6) is -0.405. The Hall–Kier alpha value is -1.93. The maximum atomic E-state index is 13.0. The first-order valence-electron chi connectivity index (χ1n) is 8.58. The molecule has 0 bridgehead atoms. The highest BCUT2D eigenvalue weighted by molar-refractivity contribution is 7.89. The van der Waals surface area contributed by atoms with Crippen LogP contribution in [0.4, 0.5) is 5.69 Å². The fourth-order valence-corrected chi connectivity index (χ4v) is 4.87. The lowest BCUT2D eigenvalue weighted by atomic mass is 10.2. The van der Waals surface area contributed by atoms with Crippen LogP contribution in [0.5, 0.6) is 0 Å². The number of nitrogens with one attached hydrogen (secondary N) is 1. The second-order valence-corrected chi connectivity index (χ2v) is 8.95. The van der Waals surface area contributed by atoms with Crippen molar-refractivity contribution in [3.63, 3.8) is 0 Å². The van der Waals surface area contributed by atoms with Crippen molar-refractivity contribution >= 4 is 33.2 Å². The molecule has 1 heterocycles. The standard InChI is InChI=1S/C19H21ClN2O4S/c1-13-11-22(12-14(2)26-13)27(24,25)18-8-3-5-15(9-18)19(23)21-17-7-4-6-16(20)10-17/h3-10,13-14H,11-12H2,1-2H3,(H,21,23). The summed E-state index contributed by atoms with van der Waals surface area (Å²) in [5.41, 5.74) is 0.794. The van der Waals surface area contributed by atoms with Crippen molar-refractivity contribution in [3.05, 3.63) is 59.1 Å². The molecule has 0 aliphatic carbocycles. The van der Waals surface area contributed by atoms with E-state index in [2.05, 4.69) is 5.32 Å². The van der Waals surface area contributed by atoms with Gasteiger partial charge in [0.25, 0.3) is 5.91 Å². The van der Waals surface area contributed by atoms with Crippen molar-refractivity contribution in [1.29, 1.82) is 0 Å². The second-order valence-electron chi connectivity index (χ2n) is 6.57. The van der Waals surface area contributed by atoms with E-state index in [0.29, 0.717) is 10.7 Å². The van der Waals surface area contributed by atoms with Gasteiger partial charge in [0.2, 0.25) is 10.0 Å². The molecular formula is C19H21ClN2O4S. The third kappa shape index (κ3) is 4.68. The first kappa shape index (κ1) is 19.8. The van der Waals surface area contributed by atoms with Gasteiger partial charge in [-0.3, -0.25) is 4.79 Å². The average molecular weight is 409 g/mol. The maximum Gasteiger partial charge on any atom is 0.255 e. The summed E-state index contributed by atoms with van der Waals surface area (Å²) < 4.78 is 33.0. The van der Waals surface area contributed by atoms with Gasteiger partial charge in [0.15, 0.2) is 0 Å². The van der Waals surface area contributed by atoms with Gasteiger partial charge in [-0.25, -0.2) is 8.42 Å². The van der Waals surface area contributed by atoms with Gasteiger partial charge in [0.1, 0.15) is 0 Å². The summed E-state index contributed by atoms with van der Waals surface area (Å²) in [7, 11) is -3.71. The number of ether oxygens (including phenoxy) is 1. The number of hydrogen-bond acceptors (Lipinski definition) is 4. The number of hydrogen-bond donors (Lipinski definition) is 1. The fraction of sp³-hybridized carbons (Fsp3) is 0.316. The first-order chi connectivity index (χ1) is 12.8. The van der Waals surface area contributed by atoms with Crippen LogP contribution in [0.3, 0.4) is 0 Å². The van der Waals surface area contributed by atoms with E-state index in [0.717, 1.165) is 0 Å². The molecule has 2 unspecified atom stereocenters.